The third-order valence-electron chi connectivity index (χ3n) is 3.02. The zero-order valence-corrected chi connectivity index (χ0v) is 12.2. The monoisotopic (exact) mass is 334 g/mol. The van der Waals surface area contributed by atoms with Crippen molar-refractivity contribution < 1.29 is 22.5 Å². The van der Waals surface area contributed by atoms with Crippen LogP contribution < -0.4 is 10.9 Å². The summed E-state index contributed by atoms with van der Waals surface area (Å²) in [5.41, 5.74) is -2.69. The number of anilines is 1. The second-order valence-electron chi connectivity index (χ2n) is 4.48. The highest BCUT2D eigenvalue weighted by atomic mass is 35.5. The van der Waals surface area contributed by atoms with Gasteiger partial charge in [0.05, 0.1) is 16.9 Å². The molecule has 0 fully saturated rings. The minimum atomic E-state index is -4.70. The first-order valence-electron chi connectivity index (χ1n) is 5.96. The van der Waals surface area contributed by atoms with Gasteiger partial charge < -0.3 is 9.84 Å². The predicted molar refractivity (Wildman–Crippen MR) is 73.1 cm³/mol. The number of benzene rings is 1. The SMILES string of the molecule is Cc1c(C(=O)Nc2ccc(Cl)cc2C(F)(F)F)c(=O)on1C. The third kappa shape index (κ3) is 3.01. The van der Waals surface area contributed by atoms with Crippen molar-refractivity contribution in [2.45, 2.75) is 13.1 Å². The maximum absolute atomic E-state index is 12.9. The van der Waals surface area contributed by atoms with Gasteiger partial charge in [0.15, 0.2) is 0 Å². The van der Waals surface area contributed by atoms with Crippen molar-refractivity contribution in [3.63, 3.8) is 0 Å². The van der Waals surface area contributed by atoms with Gasteiger partial charge in [-0.15, -0.1) is 0 Å². The highest BCUT2D eigenvalue weighted by Crippen LogP contribution is 2.36. The van der Waals surface area contributed by atoms with Crippen molar-refractivity contribution in [3.8, 4) is 0 Å². The number of aromatic nitrogens is 1. The van der Waals surface area contributed by atoms with Crippen LogP contribution in [0.2, 0.25) is 5.02 Å². The Morgan fingerprint density at radius 2 is 2.00 bits per heavy atom. The molecule has 118 valence electrons. The fourth-order valence-electron chi connectivity index (χ4n) is 1.85. The second kappa shape index (κ2) is 5.53. The second-order valence-corrected chi connectivity index (χ2v) is 4.91. The first kappa shape index (κ1) is 16.2. The highest BCUT2D eigenvalue weighted by molar-refractivity contribution is 6.30. The summed E-state index contributed by atoms with van der Waals surface area (Å²) in [6.07, 6.45) is -4.70. The van der Waals surface area contributed by atoms with E-state index in [4.69, 9.17) is 11.6 Å². The van der Waals surface area contributed by atoms with E-state index < -0.39 is 29.0 Å². The first-order valence-corrected chi connectivity index (χ1v) is 6.34. The molecule has 1 aromatic heterocycles. The average molecular weight is 335 g/mol. The van der Waals surface area contributed by atoms with E-state index in [1.54, 1.807) is 0 Å². The molecule has 0 saturated heterocycles. The van der Waals surface area contributed by atoms with E-state index in [1.165, 1.54) is 20.0 Å². The van der Waals surface area contributed by atoms with Gasteiger partial charge in [0.2, 0.25) is 0 Å². The molecule has 0 saturated carbocycles. The Morgan fingerprint density at radius 1 is 1.36 bits per heavy atom. The molecule has 0 spiro atoms. The molecule has 1 amide bonds. The molecule has 0 atom stereocenters. The highest BCUT2D eigenvalue weighted by Gasteiger charge is 2.34. The number of carbonyl (C=O) groups excluding carboxylic acids is 1. The molecule has 1 heterocycles. The van der Waals surface area contributed by atoms with E-state index in [-0.39, 0.29) is 16.3 Å². The van der Waals surface area contributed by atoms with E-state index in [0.717, 1.165) is 10.8 Å². The fourth-order valence-corrected chi connectivity index (χ4v) is 2.02. The zero-order chi connectivity index (χ0) is 16.7. The van der Waals surface area contributed by atoms with Crippen LogP contribution in [-0.4, -0.2) is 10.6 Å². The van der Waals surface area contributed by atoms with Crippen LogP contribution in [0.25, 0.3) is 0 Å². The third-order valence-corrected chi connectivity index (χ3v) is 3.26. The Balaban J connectivity index is 2.43. The summed E-state index contributed by atoms with van der Waals surface area (Å²) in [6, 6.07) is 2.91. The number of aryl methyl sites for hydroxylation is 1. The summed E-state index contributed by atoms with van der Waals surface area (Å²) in [7, 11) is 1.40. The largest absolute Gasteiger partial charge is 0.418 e. The Kier molecular flexibility index (Phi) is 4.06. The number of hydrogen-bond acceptors (Lipinski definition) is 3. The molecule has 2 rings (SSSR count). The maximum atomic E-state index is 12.9. The van der Waals surface area contributed by atoms with Gasteiger partial charge in [0, 0.05) is 12.1 Å². The first-order chi connectivity index (χ1) is 10.1. The fraction of sp³-hybridized carbons (Fsp3) is 0.231. The standard InChI is InChI=1S/C13H10ClF3N2O3/c1-6-10(12(21)22-19(6)2)11(20)18-9-4-3-7(14)5-8(9)13(15,16)17/h3-5H,1-2H3,(H,18,20). The molecule has 0 bridgehead atoms. The lowest BCUT2D eigenvalue weighted by atomic mass is 10.1. The van der Waals surface area contributed by atoms with Crippen LogP contribution in [0.5, 0.6) is 0 Å². The average Bonchev–Trinajstić information content (AvgIpc) is 2.64. The molecule has 1 aromatic carbocycles. The molecule has 0 aliphatic heterocycles. The van der Waals surface area contributed by atoms with Crippen molar-refractivity contribution in [2.75, 3.05) is 5.32 Å². The lowest BCUT2D eigenvalue weighted by Crippen LogP contribution is -2.21. The lowest BCUT2D eigenvalue weighted by molar-refractivity contribution is -0.136. The van der Waals surface area contributed by atoms with Crippen LogP contribution in [0, 0.1) is 6.92 Å². The summed E-state index contributed by atoms with van der Waals surface area (Å²) in [5, 5.41) is 1.94. The van der Waals surface area contributed by atoms with E-state index >= 15 is 0 Å². The van der Waals surface area contributed by atoms with Gasteiger partial charge in [-0.25, -0.2) is 9.53 Å². The minimum Gasteiger partial charge on any atom is -0.336 e. The van der Waals surface area contributed by atoms with Gasteiger partial charge in [-0.1, -0.05) is 11.6 Å². The van der Waals surface area contributed by atoms with Crippen molar-refractivity contribution in [3.05, 3.63) is 50.5 Å². The summed E-state index contributed by atoms with van der Waals surface area (Å²) in [4.78, 5) is 23.6. The molecule has 9 heteroatoms. The summed E-state index contributed by atoms with van der Waals surface area (Å²) in [6.45, 7) is 1.44. The normalized spacial score (nSPS) is 11.5. The molecule has 0 aliphatic carbocycles. The van der Waals surface area contributed by atoms with Crippen molar-refractivity contribution >= 4 is 23.2 Å². The number of hydrogen-bond donors (Lipinski definition) is 1. The molecule has 0 unspecified atom stereocenters. The van der Waals surface area contributed by atoms with Crippen LogP contribution in [-0.2, 0) is 13.2 Å². The van der Waals surface area contributed by atoms with Crippen LogP contribution >= 0.6 is 11.6 Å². The Hall–Kier alpha value is -2.22. The van der Waals surface area contributed by atoms with Gasteiger partial charge in [-0.2, -0.15) is 13.2 Å². The number of rotatable bonds is 2. The summed E-state index contributed by atoms with van der Waals surface area (Å²) < 4.78 is 44.6. The zero-order valence-electron chi connectivity index (χ0n) is 11.4. The molecule has 0 aliphatic rings. The van der Waals surface area contributed by atoms with E-state index in [9.17, 15) is 22.8 Å². The van der Waals surface area contributed by atoms with E-state index in [2.05, 4.69) is 9.84 Å². The number of carbonyl (C=O) groups is 1. The van der Waals surface area contributed by atoms with Crippen LogP contribution in [0.3, 0.4) is 0 Å². The summed E-state index contributed by atoms with van der Waals surface area (Å²) >= 11 is 5.55. The van der Waals surface area contributed by atoms with E-state index in [1.807, 2.05) is 0 Å². The van der Waals surface area contributed by atoms with E-state index in [0.29, 0.717) is 6.07 Å². The van der Waals surface area contributed by atoms with Crippen molar-refractivity contribution in [2.24, 2.45) is 7.05 Å². The molecule has 1 N–H and O–H groups in total. The maximum Gasteiger partial charge on any atom is 0.418 e. The Bertz CT molecular complexity index is 793. The Labute approximate surface area is 127 Å². The van der Waals surface area contributed by atoms with Crippen molar-refractivity contribution in [1.29, 1.82) is 0 Å². The topological polar surface area (TPSA) is 64.2 Å². The van der Waals surface area contributed by atoms with Gasteiger partial charge >= 0.3 is 11.8 Å². The van der Waals surface area contributed by atoms with Crippen LogP contribution in [0.4, 0.5) is 18.9 Å². The molecule has 5 nitrogen and oxygen atoms in total. The number of nitrogens with one attached hydrogen (secondary N) is 1. The quantitative estimate of drug-likeness (QED) is 0.917. The van der Waals surface area contributed by atoms with Gasteiger partial charge in [0.25, 0.3) is 5.91 Å². The minimum absolute atomic E-state index is 0.124. The predicted octanol–water partition coefficient (Wildman–Crippen LogP) is 3.21. The van der Waals surface area contributed by atoms with Gasteiger partial charge in [0.1, 0.15) is 5.56 Å². The number of halogens is 4. The molecule has 2 aromatic rings. The smallest absolute Gasteiger partial charge is 0.336 e. The molecular formula is C13H10ClF3N2O3. The number of alkyl halides is 3. The van der Waals surface area contributed by atoms with Gasteiger partial charge in [-0.3, -0.25) is 4.79 Å². The van der Waals surface area contributed by atoms with Crippen LogP contribution in [0.1, 0.15) is 21.6 Å². The Morgan fingerprint density at radius 3 is 2.50 bits per heavy atom. The molecular weight excluding hydrogens is 325 g/mol. The number of amides is 1. The van der Waals surface area contributed by atoms with Gasteiger partial charge in [-0.05, 0) is 25.1 Å². The summed E-state index contributed by atoms with van der Waals surface area (Å²) in [5.74, 6) is -0.986. The molecule has 0 radical (unpaired) electrons. The van der Waals surface area contributed by atoms with Crippen LogP contribution in [0.15, 0.2) is 27.5 Å². The number of nitrogens with zero attached hydrogens (tertiary/aromatic N) is 1. The molecule has 22 heavy (non-hydrogen) atoms. The van der Waals surface area contributed by atoms with Crippen molar-refractivity contribution in [1.82, 2.24) is 4.74 Å². The lowest BCUT2D eigenvalue weighted by Gasteiger charge is -2.13.